The van der Waals surface area contributed by atoms with Crippen molar-refractivity contribution >= 4 is 37.7 Å². The zero-order valence-corrected chi connectivity index (χ0v) is 13.4. The van der Waals surface area contributed by atoms with Crippen LogP contribution in [0.25, 0.3) is 0 Å². The van der Waals surface area contributed by atoms with Crippen molar-refractivity contribution < 1.29 is 4.74 Å². The number of rotatable bonds is 3. The fraction of sp³-hybridized carbons (Fsp3) is 0.0714. The molecule has 0 saturated carbocycles. The summed E-state index contributed by atoms with van der Waals surface area (Å²) in [5.74, 6) is 1.20. The summed E-state index contributed by atoms with van der Waals surface area (Å²) in [4.78, 5) is 0. The number of halogens is 2. The maximum Gasteiger partial charge on any atom is 0.141 e. The van der Waals surface area contributed by atoms with Crippen molar-refractivity contribution in [2.24, 2.45) is 5.73 Å². The van der Waals surface area contributed by atoms with E-state index in [0.717, 1.165) is 14.5 Å². The van der Waals surface area contributed by atoms with Crippen LogP contribution in [0.2, 0.25) is 0 Å². The third-order valence-electron chi connectivity index (χ3n) is 2.55. The molecule has 0 heterocycles. The van der Waals surface area contributed by atoms with Crippen LogP contribution in [0.4, 0.5) is 0 Å². The quantitative estimate of drug-likeness (QED) is 0.601. The lowest BCUT2D eigenvalue weighted by atomic mass is 10.2. The van der Waals surface area contributed by atoms with Crippen molar-refractivity contribution in [3.05, 3.63) is 56.5 Å². The number of benzene rings is 2. The predicted molar refractivity (Wildman–Crippen MR) is 84.1 cm³/mol. The minimum absolute atomic E-state index is 0.0364. The zero-order valence-electron chi connectivity index (χ0n) is 10.2. The lowest BCUT2D eigenvalue weighted by Gasteiger charge is -2.13. The number of nitrogens with two attached hydrogens (primary N) is 1. The molecule has 0 saturated heterocycles. The molecule has 0 aromatic heterocycles. The fourth-order valence-electron chi connectivity index (χ4n) is 1.66. The van der Waals surface area contributed by atoms with Crippen LogP contribution in [-0.2, 0) is 0 Å². The van der Waals surface area contributed by atoms with E-state index in [0.29, 0.717) is 17.1 Å². The third-order valence-corrected chi connectivity index (χ3v) is 3.83. The predicted octanol–water partition coefficient (Wildman–Crippen LogP) is 4.60. The van der Waals surface area contributed by atoms with Crippen LogP contribution in [0.5, 0.6) is 11.5 Å². The Labute approximate surface area is 128 Å². The van der Waals surface area contributed by atoms with E-state index < -0.39 is 0 Å². The summed E-state index contributed by atoms with van der Waals surface area (Å²) >= 11 is 6.84. The lowest BCUT2D eigenvalue weighted by Crippen LogP contribution is -2.13. The first-order valence-corrected chi connectivity index (χ1v) is 7.14. The second-order valence-corrected chi connectivity index (χ2v) is 5.77. The highest BCUT2D eigenvalue weighted by molar-refractivity contribution is 9.10. The Hall–Kier alpha value is -1.33. The smallest absolute Gasteiger partial charge is 0.141 e. The molecule has 0 amide bonds. The van der Waals surface area contributed by atoms with Gasteiger partial charge in [0, 0.05) is 4.47 Å². The molecule has 19 heavy (non-hydrogen) atoms. The molecule has 0 aliphatic carbocycles. The number of aryl methyl sites for hydroxylation is 1. The summed E-state index contributed by atoms with van der Waals surface area (Å²) in [5, 5.41) is 7.63. The number of hydrogen-bond donors (Lipinski definition) is 2. The molecule has 2 rings (SSSR count). The normalized spacial score (nSPS) is 10.3. The van der Waals surface area contributed by atoms with Gasteiger partial charge in [0.15, 0.2) is 0 Å². The molecule has 3 N–H and O–H groups in total. The zero-order chi connectivity index (χ0) is 14.0. The summed E-state index contributed by atoms with van der Waals surface area (Å²) in [7, 11) is 0. The Morgan fingerprint density at radius 2 is 1.84 bits per heavy atom. The molecule has 2 aromatic carbocycles. The van der Waals surface area contributed by atoms with E-state index in [1.807, 2.05) is 37.3 Å². The molecular formula is C14H12Br2N2O. The van der Waals surface area contributed by atoms with Gasteiger partial charge in [0.1, 0.15) is 17.3 Å². The molecule has 5 heteroatoms. The Kier molecular flexibility index (Phi) is 4.27. The van der Waals surface area contributed by atoms with Gasteiger partial charge >= 0.3 is 0 Å². The van der Waals surface area contributed by atoms with E-state index in [1.165, 1.54) is 0 Å². The second kappa shape index (κ2) is 5.75. The van der Waals surface area contributed by atoms with Gasteiger partial charge in [-0.1, -0.05) is 12.1 Å². The monoisotopic (exact) mass is 382 g/mol. The molecule has 0 radical (unpaired) electrons. The van der Waals surface area contributed by atoms with E-state index in [9.17, 15) is 0 Å². The molecule has 0 aliphatic rings. The van der Waals surface area contributed by atoms with Crippen molar-refractivity contribution in [1.82, 2.24) is 0 Å². The van der Waals surface area contributed by atoms with E-state index in [2.05, 4.69) is 31.9 Å². The van der Waals surface area contributed by atoms with Gasteiger partial charge in [-0.15, -0.1) is 0 Å². The number of nitrogens with one attached hydrogen (secondary N) is 1. The fourth-order valence-corrected chi connectivity index (χ4v) is 2.79. The molecule has 0 spiro atoms. The van der Waals surface area contributed by atoms with Crippen LogP contribution in [0.15, 0.2) is 45.3 Å². The maximum atomic E-state index is 7.63. The van der Waals surface area contributed by atoms with E-state index >= 15 is 0 Å². The number of nitrogen functional groups attached to an aromatic ring is 1. The molecular weight excluding hydrogens is 372 g/mol. The number of hydrogen-bond acceptors (Lipinski definition) is 2. The van der Waals surface area contributed by atoms with Crippen LogP contribution >= 0.6 is 31.9 Å². The van der Waals surface area contributed by atoms with E-state index in [4.69, 9.17) is 15.9 Å². The van der Waals surface area contributed by atoms with Gasteiger partial charge in [0.2, 0.25) is 0 Å². The van der Waals surface area contributed by atoms with Gasteiger partial charge in [0.25, 0.3) is 0 Å². The van der Waals surface area contributed by atoms with Gasteiger partial charge in [-0.05, 0) is 68.6 Å². The van der Waals surface area contributed by atoms with E-state index in [-0.39, 0.29) is 5.84 Å². The summed E-state index contributed by atoms with van der Waals surface area (Å²) in [6.07, 6.45) is 0. The molecule has 3 nitrogen and oxygen atoms in total. The average Bonchev–Trinajstić information content (AvgIpc) is 2.32. The van der Waals surface area contributed by atoms with Crippen LogP contribution in [0, 0.1) is 12.3 Å². The van der Waals surface area contributed by atoms with Crippen LogP contribution in [-0.4, -0.2) is 5.84 Å². The van der Waals surface area contributed by atoms with Crippen LogP contribution in [0.1, 0.15) is 11.1 Å². The van der Waals surface area contributed by atoms with Gasteiger partial charge in [-0.3, -0.25) is 5.41 Å². The third kappa shape index (κ3) is 3.16. The van der Waals surface area contributed by atoms with Crippen LogP contribution < -0.4 is 10.5 Å². The van der Waals surface area contributed by atoms with Gasteiger partial charge in [-0.2, -0.15) is 0 Å². The molecule has 0 aliphatic heterocycles. The number of amidine groups is 1. The largest absolute Gasteiger partial charge is 0.455 e. The first-order valence-electron chi connectivity index (χ1n) is 5.56. The first-order chi connectivity index (χ1) is 8.99. The van der Waals surface area contributed by atoms with Gasteiger partial charge in [0.05, 0.1) is 10.0 Å². The highest BCUT2D eigenvalue weighted by atomic mass is 79.9. The highest BCUT2D eigenvalue weighted by Gasteiger charge is 2.12. The average molecular weight is 384 g/mol. The summed E-state index contributed by atoms with van der Waals surface area (Å²) in [6.45, 7) is 2.01. The van der Waals surface area contributed by atoms with Crippen molar-refractivity contribution in [2.75, 3.05) is 0 Å². The van der Waals surface area contributed by atoms with Gasteiger partial charge in [-0.25, -0.2) is 0 Å². The number of ether oxygens (including phenoxy) is 1. The van der Waals surface area contributed by atoms with Crippen molar-refractivity contribution in [2.45, 2.75) is 6.92 Å². The Bertz CT molecular complexity index is 641. The van der Waals surface area contributed by atoms with Crippen molar-refractivity contribution in [3.8, 4) is 11.5 Å². The maximum absolute atomic E-state index is 7.63. The summed E-state index contributed by atoms with van der Waals surface area (Å²) < 4.78 is 7.44. The van der Waals surface area contributed by atoms with Crippen molar-refractivity contribution in [3.63, 3.8) is 0 Å². The summed E-state index contributed by atoms with van der Waals surface area (Å²) in [6, 6.07) is 11.3. The van der Waals surface area contributed by atoms with Gasteiger partial charge < -0.3 is 10.5 Å². The van der Waals surface area contributed by atoms with E-state index in [1.54, 1.807) is 6.07 Å². The molecule has 0 unspecified atom stereocenters. The Morgan fingerprint density at radius 1 is 1.11 bits per heavy atom. The molecule has 2 aromatic rings. The molecule has 98 valence electrons. The van der Waals surface area contributed by atoms with Crippen LogP contribution in [0.3, 0.4) is 0 Å². The second-order valence-electron chi connectivity index (χ2n) is 4.06. The summed E-state index contributed by atoms with van der Waals surface area (Å²) in [5.41, 5.74) is 7.28. The molecule has 0 bridgehead atoms. The standard InChI is InChI=1S/C14H12Br2N2O/c1-8-5-6-11(10(16)7-8)19-12-4-2-3-9(15)13(12)14(17)18/h2-7H,1H3,(H3,17,18). The lowest BCUT2D eigenvalue weighted by molar-refractivity contribution is 0.478. The Morgan fingerprint density at radius 3 is 2.47 bits per heavy atom. The molecule has 0 atom stereocenters. The topological polar surface area (TPSA) is 59.1 Å². The minimum atomic E-state index is -0.0364. The Balaban J connectivity index is 2.44. The molecule has 0 fully saturated rings. The SMILES string of the molecule is Cc1ccc(Oc2cccc(Br)c2C(=N)N)c(Br)c1. The van der Waals surface area contributed by atoms with Crippen molar-refractivity contribution in [1.29, 1.82) is 5.41 Å². The minimum Gasteiger partial charge on any atom is -0.455 e. The highest BCUT2D eigenvalue weighted by Crippen LogP contribution is 2.34. The first kappa shape index (κ1) is 14.1.